The normalized spacial score (nSPS) is 10.7. The van der Waals surface area contributed by atoms with E-state index in [9.17, 15) is 0 Å². The van der Waals surface area contributed by atoms with E-state index in [1.807, 2.05) is 12.1 Å². The SMILES string of the molecule is COc1cc(CNc2cc(C)ccc2C)ccc1OCC(C)C. The van der Waals surface area contributed by atoms with Gasteiger partial charge in [0.05, 0.1) is 13.7 Å². The molecule has 0 spiro atoms. The van der Waals surface area contributed by atoms with E-state index in [-0.39, 0.29) is 0 Å². The number of rotatable bonds is 7. The number of aryl methyl sites for hydroxylation is 2. The van der Waals surface area contributed by atoms with Crippen LogP contribution in [0.25, 0.3) is 0 Å². The van der Waals surface area contributed by atoms with Crippen molar-refractivity contribution in [2.45, 2.75) is 34.2 Å². The first-order valence-electron chi connectivity index (χ1n) is 8.10. The third-order valence-corrected chi connectivity index (χ3v) is 3.68. The van der Waals surface area contributed by atoms with Gasteiger partial charge < -0.3 is 14.8 Å². The first kappa shape index (κ1) is 17.2. The quantitative estimate of drug-likeness (QED) is 0.783. The summed E-state index contributed by atoms with van der Waals surface area (Å²) in [5.41, 5.74) is 4.84. The highest BCUT2D eigenvalue weighted by molar-refractivity contribution is 5.53. The highest BCUT2D eigenvalue weighted by Crippen LogP contribution is 2.29. The standard InChI is InChI=1S/C20H27NO2/c1-14(2)13-23-19-9-8-17(11-20(19)22-5)12-21-18-10-15(3)6-7-16(18)4/h6-11,14,21H,12-13H2,1-5H3. The summed E-state index contributed by atoms with van der Waals surface area (Å²) < 4.78 is 11.3. The summed E-state index contributed by atoms with van der Waals surface area (Å²) in [7, 11) is 1.68. The van der Waals surface area contributed by atoms with E-state index in [4.69, 9.17) is 9.47 Å². The van der Waals surface area contributed by atoms with Gasteiger partial charge in [-0.2, -0.15) is 0 Å². The highest BCUT2D eigenvalue weighted by atomic mass is 16.5. The van der Waals surface area contributed by atoms with Gasteiger partial charge in [-0.15, -0.1) is 0 Å². The predicted molar refractivity (Wildman–Crippen MR) is 96.6 cm³/mol. The van der Waals surface area contributed by atoms with E-state index in [1.165, 1.54) is 22.4 Å². The van der Waals surface area contributed by atoms with E-state index in [0.29, 0.717) is 12.5 Å². The molecule has 124 valence electrons. The summed E-state index contributed by atoms with van der Waals surface area (Å²) in [4.78, 5) is 0. The van der Waals surface area contributed by atoms with Crippen LogP contribution in [-0.4, -0.2) is 13.7 Å². The Labute approximate surface area is 139 Å². The second kappa shape index (κ2) is 7.91. The van der Waals surface area contributed by atoms with Crippen molar-refractivity contribution in [1.82, 2.24) is 0 Å². The van der Waals surface area contributed by atoms with Gasteiger partial charge in [0.1, 0.15) is 0 Å². The third-order valence-electron chi connectivity index (χ3n) is 3.68. The Kier molecular flexibility index (Phi) is 5.91. The van der Waals surface area contributed by atoms with Gasteiger partial charge in [-0.05, 0) is 54.7 Å². The Bertz CT molecular complexity index is 650. The van der Waals surface area contributed by atoms with Crippen molar-refractivity contribution in [2.75, 3.05) is 19.0 Å². The topological polar surface area (TPSA) is 30.5 Å². The van der Waals surface area contributed by atoms with Crippen LogP contribution in [0.3, 0.4) is 0 Å². The van der Waals surface area contributed by atoms with Crippen molar-refractivity contribution in [2.24, 2.45) is 5.92 Å². The van der Waals surface area contributed by atoms with Crippen molar-refractivity contribution in [3.05, 3.63) is 53.1 Å². The van der Waals surface area contributed by atoms with Gasteiger partial charge in [-0.1, -0.05) is 32.0 Å². The van der Waals surface area contributed by atoms with Gasteiger partial charge in [-0.3, -0.25) is 0 Å². The summed E-state index contributed by atoms with van der Waals surface area (Å²) in [6, 6.07) is 12.5. The minimum absolute atomic E-state index is 0.491. The molecule has 2 aromatic rings. The maximum Gasteiger partial charge on any atom is 0.161 e. The zero-order valence-corrected chi connectivity index (χ0v) is 14.8. The lowest BCUT2D eigenvalue weighted by atomic mass is 10.1. The van der Waals surface area contributed by atoms with Crippen LogP contribution in [0.1, 0.15) is 30.5 Å². The van der Waals surface area contributed by atoms with Gasteiger partial charge >= 0.3 is 0 Å². The van der Waals surface area contributed by atoms with Crippen molar-refractivity contribution >= 4 is 5.69 Å². The Morgan fingerprint density at radius 3 is 2.48 bits per heavy atom. The van der Waals surface area contributed by atoms with Crippen molar-refractivity contribution in [3.8, 4) is 11.5 Å². The molecule has 3 nitrogen and oxygen atoms in total. The van der Waals surface area contributed by atoms with Crippen LogP contribution in [0.4, 0.5) is 5.69 Å². The van der Waals surface area contributed by atoms with Gasteiger partial charge in [0.2, 0.25) is 0 Å². The van der Waals surface area contributed by atoms with E-state index < -0.39 is 0 Å². The lowest BCUT2D eigenvalue weighted by molar-refractivity contribution is 0.257. The molecule has 0 radical (unpaired) electrons. The van der Waals surface area contributed by atoms with Gasteiger partial charge in [0, 0.05) is 12.2 Å². The van der Waals surface area contributed by atoms with E-state index in [2.05, 4.69) is 57.3 Å². The van der Waals surface area contributed by atoms with Gasteiger partial charge in [0.25, 0.3) is 0 Å². The fraction of sp³-hybridized carbons (Fsp3) is 0.400. The molecule has 1 N–H and O–H groups in total. The molecule has 0 saturated heterocycles. The second-order valence-electron chi connectivity index (χ2n) is 6.36. The molecule has 3 heteroatoms. The van der Waals surface area contributed by atoms with E-state index in [0.717, 1.165) is 18.0 Å². The number of methoxy groups -OCH3 is 1. The van der Waals surface area contributed by atoms with Gasteiger partial charge in [-0.25, -0.2) is 0 Å². The molecule has 0 atom stereocenters. The molecule has 0 unspecified atom stereocenters. The summed E-state index contributed by atoms with van der Waals surface area (Å²) in [6.07, 6.45) is 0. The molecule has 0 aliphatic heterocycles. The Morgan fingerprint density at radius 1 is 1.00 bits per heavy atom. The van der Waals surface area contributed by atoms with Gasteiger partial charge in [0.15, 0.2) is 11.5 Å². The predicted octanol–water partition coefficient (Wildman–Crippen LogP) is 4.96. The van der Waals surface area contributed by atoms with Crippen molar-refractivity contribution < 1.29 is 9.47 Å². The molecule has 0 bridgehead atoms. The van der Waals surface area contributed by atoms with E-state index in [1.54, 1.807) is 7.11 Å². The summed E-state index contributed by atoms with van der Waals surface area (Å²) in [5.74, 6) is 2.08. The fourth-order valence-corrected chi connectivity index (χ4v) is 2.32. The molecule has 0 aliphatic rings. The molecule has 0 amide bonds. The molecule has 23 heavy (non-hydrogen) atoms. The first-order valence-corrected chi connectivity index (χ1v) is 8.10. The Balaban J connectivity index is 2.07. The Hall–Kier alpha value is -2.16. The molecule has 0 heterocycles. The molecule has 2 aromatic carbocycles. The number of benzene rings is 2. The van der Waals surface area contributed by atoms with Crippen LogP contribution in [0, 0.1) is 19.8 Å². The molecule has 0 aromatic heterocycles. The largest absolute Gasteiger partial charge is 0.493 e. The fourth-order valence-electron chi connectivity index (χ4n) is 2.32. The first-order chi connectivity index (χ1) is 11.0. The molecular formula is C20H27NO2. The lowest BCUT2D eigenvalue weighted by Crippen LogP contribution is -2.06. The Morgan fingerprint density at radius 2 is 1.78 bits per heavy atom. The van der Waals surface area contributed by atoms with Crippen LogP contribution in [-0.2, 0) is 6.54 Å². The lowest BCUT2D eigenvalue weighted by Gasteiger charge is -2.15. The number of ether oxygens (including phenoxy) is 2. The van der Waals surface area contributed by atoms with Crippen LogP contribution in [0.15, 0.2) is 36.4 Å². The maximum absolute atomic E-state index is 5.80. The minimum Gasteiger partial charge on any atom is -0.493 e. The smallest absolute Gasteiger partial charge is 0.161 e. The summed E-state index contributed by atoms with van der Waals surface area (Å²) in [5, 5.41) is 3.49. The summed E-state index contributed by atoms with van der Waals surface area (Å²) in [6.45, 7) is 9.94. The number of hydrogen-bond donors (Lipinski definition) is 1. The average molecular weight is 313 g/mol. The summed E-state index contributed by atoms with van der Waals surface area (Å²) >= 11 is 0. The van der Waals surface area contributed by atoms with Crippen LogP contribution in [0.2, 0.25) is 0 Å². The van der Waals surface area contributed by atoms with Crippen LogP contribution >= 0.6 is 0 Å². The molecule has 2 rings (SSSR count). The zero-order valence-electron chi connectivity index (χ0n) is 14.8. The van der Waals surface area contributed by atoms with Crippen molar-refractivity contribution in [3.63, 3.8) is 0 Å². The molecule has 0 saturated carbocycles. The van der Waals surface area contributed by atoms with Crippen LogP contribution < -0.4 is 14.8 Å². The number of anilines is 1. The van der Waals surface area contributed by atoms with Crippen LogP contribution in [0.5, 0.6) is 11.5 Å². The third kappa shape index (κ3) is 4.92. The second-order valence-corrected chi connectivity index (χ2v) is 6.36. The minimum atomic E-state index is 0.491. The average Bonchev–Trinajstić information content (AvgIpc) is 2.54. The molecule has 0 aliphatic carbocycles. The van der Waals surface area contributed by atoms with Crippen molar-refractivity contribution in [1.29, 1.82) is 0 Å². The maximum atomic E-state index is 5.80. The van der Waals surface area contributed by atoms with E-state index >= 15 is 0 Å². The number of nitrogens with one attached hydrogen (secondary N) is 1. The number of hydrogen-bond acceptors (Lipinski definition) is 3. The highest BCUT2D eigenvalue weighted by Gasteiger charge is 2.07. The molecular weight excluding hydrogens is 286 g/mol. The monoisotopic (exact) mass is 313 g/mol. The zero-order chi connectivity index (χ0) is 16.8. The molecule has 0 fully saturated rings.